The molecule has 2 aromatic heterocycles. The summed E-state index contributed by atoms with van der Waals surface area (Å²) in [5, 5.41) is 9.82. The molecule has 0 bridgehead atoms. The average molecular weight is 437 g/mol. The number of benzene rings is 1. The Hall–Kier alpha value is -2.19. The second kappa shape index (κ2) is 6.51. The van der Waals surface area contributed by atoms with Crippen LogP contribution in [0.15, 0.2) is 38.3 Å². The first-order valence-corrected chi connectivity index (χ1v) is 9.60. The first kappa shape index (κ1) is 18.6. The Kier molecular flexibility index (Phi) is 4.66. The zero-order valence-electron chi connectivity index (χ0n) is 14.4. The van der Waals surface area contributed by atoms with Crippen molar-refractivity contribution in [2.45, 2.75) is 32.7 Å². The highest BCUT2D eigenvalue weighted by Gasteiger charge is 2.34. The Bertz CT molecular complexity index is 1120. The molecular formula is C18H17BrN2O4S. The summed E-state index contributed by atoms with van der Waals surface area (Å²) in [4.78, 5) is 41.3. The topological polar surface area (TPSA) is 92.2 Å². The molecule has 8 heteroatoms. The number of fused-ring (bicyclic) bond motifs is 1. The summed E-state index contributed by atoms with van der Waals surface area (Å²) >= 11 is 4.75. The van der Waals surface area contributed by atoms with Crippen molar-refractivity contribution >= 4 is 43.5 Å². The smallest absolute Gasteiger partial charge is 0.330 e. The lowest BCUT2D eigenvalue weighted by molar-refractivity contribution is -0.146. The van der Waals surface area contributed by atoms with E-state index in [9.17, 15) is 19.5 Å². The molecule has 0 aliphatic heterocycles. The number of carboxylic acid groups (broad SMARTS) is 1. The molecule has 0 radical (unpaired) electrons. The van der Waals surface area contributed by atoms with Crippen molar-refractivity contribution in [2.75, 3.05) is 0 Å². The molecule has 2 heterocycles. The number of carboxylic acids is 1. The first-order valence-electron chi connectivity index (χ1n) is 7.99. The van der Waals surface area contributed by atoms with Gasteiger partial charge in [-0.2, -0.15) is 0 Å². The molecule has 2 N–H and O–H groups in total. The molecule has 3 aromatic rings. The zero-order valence-corrected chi connectivity index (χ0v) is 16.8. The molecule has 0 unspecified atom stereocenters. The van der Waals surface area contributed by atoms with Gasteiger partial charge in [0.2, 0.25) is 0 Å². The molecule has 6 nitrogen and oxygen atoms in total. The van der Waals surface area contributed by atoms with Crippen molar-refractivity contribution in [1.29, 1.82) is 0 Å². The van der Waals surface area contributed by atoms with Crippen molar-refractivity contribution in [3.05, 3.63) is 54.5 Å². The van der Waals surface area contributed by atoms with E-state index in [1.54, 1.807) is 0 Å². The minimum Gasteiger partial charge on any atom is -0.480 e. The van der Waals surface area contributed by atoms with Crippen molar-refractivity contribution in [3.63, 3.8) is 0 Å². The fourth-order valence-electron chi connectivity index (χ4n) is 2.90. The van der Waals surface area contributed by atoms with Gasteiger partial charge < -0.3 is 5.11 Å². The third kappa shape index (κ3) is 2.83. The van der Waals surface area contributed by atoms with Gasteiger partial charge in [-0.15, -0.1) is 11.3 Å². The lowest BCUT2D eigenvalue weighted by Gasteiger charge is -2.21. The number of carbonyl (C=O) groups is 1. The van der Waals surface area contributed by atoms with Crippen LogP contribution in [0.5, 0.6) is 0 Å². The van der Waals surface area contributed by atoms with Crippen LogP contribution in [0.4, 0.5) is 0 Å². The third-order valence-corrected chi connectivity index (χ3v) is 6.14. The maximum absolute atomic E-state index is 13.2. The van der Waals surface area contributed by atoms with Crippen LogP contribution in [0.3, 0.4) is 0 Å². The highest BCUT2D eigenvalue weighted by Crippen LogP contribution is 2.36. The number of aromatic nitrogens is 2. The van der Waals surface area contributed by atoms with E-state index in [-0.39, 0.29) is 0 Å². The molecular weight excluding hydrogens is 420 g/mol. The Morgan fingerprint density at radius 3 is 2.42 bits per heavy atom. The molecule has 0 amide bonds. The minimum absolute atomic E-state index is 0.350. The highest BCUT2D eigenvalue weighted by molar-refractivity contribution is 9.10. The van der Waals surface area contributed by atoms with Gasteiger partial charge in [0.15, 0.2) is 0 Å². The first-order chi connectivity index (χ1) is 12.2. The summed E-state index contributed by atoms with van der Waals surface area (Å²) in [7, 11) is 0. The van der Waals surface area contributed by atoms with Crippen molar-refractivity contribution in [1.82, 2.24) is 9.55 Å². The van der Waals surface area contributed by atoms with E-state index < -0.39 is 22.8 Å². The number of rotatable bonds is 4. The van der Waals surface area contributed by atoms with E-state index in [0.717, 1.165) is 25.0 Å². The van der Waals surface area contributed by atoms with E-state index in [1.807, 2.05) is 31.2 Å². The standard InChI is InChI=1S/C18H17BrN2O4S/c1-4-11-12(9-5-7-10(19)8-6-9)13-14(26-11)20-17(25)21(15(13)22)18(2,3)16(23)24/h5-8H,4H2,1-3H3,(H,20,25)(H,23,24). The van der Waals surface area contributed by atoms with Crippen LogP contribution >= 0.6 is 27.3 Å². The normalized spacial score (nSPS) is 11.8. The minimum atomic E-state index is -1.66. The Morgan fingerprint density at radius 1 is 1.27 bits per heavy atom. The number of H-pyrrole nitrogens is 1. The summed E-state index contributed by atoms with van der Waals surface area (Å²) in [6.07, 6.45) is 0.689. The predicted molar refractivity (Wildman–Crippen MR) is 106 cm³/mol. The molecule has 0 saturated carbocycles. The van der Waals surface area contributed by atoms with E-state index in [4.69, 9.17) is 0 Å². The quantitative estimate of drug-likeness (QED) is 0.653. The number of aliphatic carboxylic acids is 1. The lowest BCUT2D eigenvalue weighted by atomic mass is 10.0. The summed E-state index contributed by atoms with van der Waals surface area (Å²) in [5.74, 6) is -1.25. The lowest BCUT2D eigenvalue weighted by Crippen LogP contribution is -2.50. The predicted octanol–water partition coefficient (Wildman–Crippen LogP) is 3.56. The van der Waals surface area contributed by atoms with E-state index in [1.165, 1.54) is 25.2 Å². The zero-order chi connectivity index (χ0) is 19.2. The highest BCUT2D eigenvalue weighted by atomic mass is 79.9. The van der Waals surface area contributed by atoms with Gasteiger partial charge in [-0.05, 0) is 38.0 Å². The summed E-state index contributed by atoms with van der Waals surface area (Å²) in [6, 6.07) is 7.54. The van der Waals surface area contributed by atoms with Gasteiger partial charge in [0, 0.05) is 14.9 Å². The third-order valence-electron chi connectivity index (χ3n) is 4.36. The molecule has 3 rings (SSSR count). The van der Waals surface area contributed by atoms with Crippen LogP contribution in [-0.4, -0.2) is 20.6 Å². The van der Waals surface area contributed by atoms with E-state index in [2.05, 4.69) is 20.9 Å². The summed E-state index contributed by atoms with van der Waals surface area (Å²) in [6.45, 7) is 4.65. The number of aryl methyl sites for hydroxylation is 1. The van der Waals surface area contributed by atoms with Crippen molar-refractivity contribution < 1.29 is 9.90 Å². The van der Waals surface area contributed by atoms with Gasteiger partial charge >= 0.3 is 11.7 Å². The van der Waals surface area contributed by atoms with Gasteiger partial charge in [-0.25, -0.2) is 14.2 Å². The monoisotopic (exact) mass is 436 g/mol. The van der Waals surface area contributed by atoms with Gasteiger partial charge in [0.25, 0.3) is 5.56 Å². The van der Waals surface area contributed by atoms with E-state index >= 15 is 0 Å². The molecule has 0 fully saturated rings. The van der Waals surface area contributed by atoms with Crippen LogP contribution in [-0.2, 0) is 16.8 Å². The maximum atomic E-state index is 13.2. The fraction of sp³-hybridized carbons (Fsp3) is 0.278. The number of aromatic amines is 1. The van der Waals surface area contributed by atoms with Crippen LogP contribution < -0.4 is 11.2 Å². The Balaban J connectivity index is 2.46. The maximum Gasteiger partial charge on any atom is 0.330 e. The molecule has 0 aliphatic carbocycles. The van der Waals surface area contributed by atoms with Gasteiger partial charge in [0.05, 0.1) is 5.39 Å². The van der Waals surface area contributed by atoms with Crippen LogP contribution in [0, 0.1) is 0 Å². The second-order valence-electron chi connectivity index (χ2n) is 6.40. The second-order valence-corrected chi connectivity index (χ2v) is 8.42. The SMILES string of the molecule is CCc1sc2[nH]c(=O)n(C(C)(C)C(=O)O)c(=O)c2c1-c1ccc(Br)cc1. The molecule has 0 spiro atoms. The van der Waals surface area contributed by atoms with Gasteiger partial charge in [-0.1, -0.05) is 35.0 Å². The van der Waals surface area contributed by atoms with E-state index in [0.29, 0.717) is 16.6 Å². The molecule has 136 valence electrons. The molecule has 0 saturated heterocycles. The number of halogens is 1. The molecule has 26 heavy (non-hydrogen) atoms. The largest absolute Gasteiger partial charge is 0.480 e. The Morgan fingerprint density at radius 2 is 1.88 bits per heavy atom. The number of nitrogens with one attached hydrogen (secondary N) is 1. The number of thiophene rings is 1. The number of hydrogen-bond donors (Lipinski definition) is 2. The molecule has 1 aromatic carbocycles. The fourth-order valence-corrected chi connectivity index (χ4v) is 4.31. The number of hydrogen-bond acceptors (Lipinski definition) is 4. The van der Waals surface area contributed by atoms with Gasteiger partial charge in [-0.3, -0.25) is 9.78 Å². The summed E-state index contributed by atoms with van der Waals surface area (Å²) in [5.41, 5.74) is -1.38. The Labute approximate surface area is 161 Å². The van der Waals surface area contributed by atoms with Crippen LogP contribution in [0.1, 0.15) is 25.6 Å². The average Bonchev–Trinajstić information content (AvgIpc) is 2.93. The van der Waals surface area contributed by atoms with Crippen LogP contribution in [0.25, 0.3) is 21.3 Å². The number of nitrogens with zero attached hydrogens (tertiary/aromatic N) is 1. The molecule has 0 atom stereocenters. The molecule has 0 aliphatic rings. The van der Waals surface area contributed by atoms with Crippen molar-refractivity contribution in [2.24, 2.45) is 0 Å². The van der Waals surface area contributed by atoms with Crippen molar-refractivity contribution in [3.8, 4) is 11.1 Å². The summed E-state index contributed by atoms with van der Waals surface area (Å²) < 4.78 is 1.70. The van der Waals surface area contributed by atoms with Crippen LogP contribution in [0.2, 0.25) is 0 Å². The van der Waals surface area contributed by atoms with Gasteiger partial charge in [0.1, 0.15) is 10.4 Å².